The van der Waals surface area contributed by atoms with Crippen LogP contribution in [0.2, 0.25) is 0 Å². The maximum atomic E-state index is 11.9. The summed E-state index contributed by atoms with van der Waals surface area (Å²) in [7, 11) is 1.57. The third-order valence-electron chi connectivity index (χ3n) is 2.47. The minimum atomic E-state index is -0.345. The van der Waals surface area contributed by atoms with E-state index in [9.17, 15) is 4.79 Å². The molecule has 114 valence electrons. The first kappa shape index (κ1) is 18.5. The highest BCUT2D eigenvalue weighted by Crippen LogP contribution is 2.07. The summed E-state index contributed by atoms with van der Waals surface area (Å²) in [6, 6.07) is 1.97. The second-order valence-electron chi connectivity index (χ2n) is 5.64. The van der Waals surface area contributed by atoms with Gasteiger partial charge in [0, 0.05) is 32.9 Å². The van der Waals surface area contributed by atoms with Gasteiger partial charge < -0.3 is 15.0 Å². The van der Waals surface area contributed by atoms with Gasteiger partial charge in [-0.2, -0.15) is 5.26 Å². The molecule has 0 fully saturated rings. The summed E-state index contributed by atoms with van der Waals surface area (Å²) in [4.78, 5) is 13.9. The van der Waals surface area contributed by atoms with Crippen molar-refractivity contribution in [3.05, 3.63) is 11.8 Å². The molecular formula is C15H27N3O2. The molecule has 0 unspecified atom stereocenters. The van der Waals surface area contributed by atoms with E-state index in [4.69, 9.17) is 10.00 Å². The summed E-state index contributed by atoms with van der Waals surface area (Å²) < 4.78 is 4.86. The van der Waals surface area contributed by atoms with Crippen LogP contribution in [0.15, 0.2) is 11.8 Å². The summed E-state index contributed by atoms with van der Waals surface area (Å²) in [6.07, 6.45) is 1.67. The zero-order chi connectivity index (χ0) is 15.5. The van der Waals surface area contributed by atoms with Crippen LogP contribution >= 0.6 is 0 Å². The Balaban J connectivity index is 4.76. The van der Waals surface area contributed by atoms with Crippen LogP contribution < -0.4 is 5.32 Å². The van der Waals surface area contributed by atoms with Gasteiger partial charge in [-0.3, -0.25) is 4.79 Å². The van der Waals surface area contributed by atoms with Crippen molar-refractivity contribution in [3.8, 4) is 6.07 Å². The molecule has 0 aromatic heterocycles. The highest BCUT2D eigenvalue weighted by molar-refractivity contribution is 5.97. The normalized spacial score (nSPS) is 11.6. The summed E-state index contributed by atoms with van der Waals surface area (Å²) in [5.41, 5.74) is 0.141. The Labute approximate surface area is 122 Å². The van der Waals surface area contributed by atoms with E-state index in [2.05, 4.69) is 33.0 Å². The molecule has 0 atom stereocenters. The van der Waals surface area contributed by atoms with Crippen molar-refractivity contribution in [1.29, 1.82) is 5.26 Å². The molecule has 0 aliphatic carbocycles. The number of nitriles is 1. The molecule has 0 saturated carbocycles. The van der Waals surface area contributed by atoms with Crippen LogP contribution in [0.25, 0.3) is 0 Å². The molecule has 1 N–H and O–H groups in total. The fourth-order valence-electron chi connectivity index (χ4n) is 1.80. The van der Waals surface area contributed by atoms with Crippen LogP contribution in [0, 0.1) is 23.2 Å². The predicted molar refractivity (Wildman–Crippen MR) is 79.8 cm³/mol. The molecule has 0 bridgehead atoms. The van der Waals surface area contributed by atoms with E-state index < -0.39 is 0 Å². The standard InChI is InChI=1S/C15H27N3O2/c1-12(2)9-18(10-13(3)4)11-14(8-16)15(19)17-6-7-20-5/h11-13H,6-7,9-10H2,1-5H3,(H,17,19)/b14-11-. The molecule has 0 aliphatic heterocycles. The maximum absolute atomic E-state index is 11.9. The van der Waals surface area contributed by atoms with Crippen molar-refractivity contribution in [2.75, 3.05) is 33.4 Å². The zero-order valence-electron chi connectivity index (χ0n) is 13.3. The van der Waals surface area contributed by atoms with Crippen molar-refractivity contribution in [3.63, 3.8) is 0 Å². The van der Waals surface area contributed by atoms with E-state index in [0.29, 0.717) is 25.0 Å². The number of methoxy groups -OCH3 is 1. The van der Waals surface area contributed by atoms with E-state index in [1.165, 1.54) is 0 Å². The first-order valence-corrected chi connectivity index (χ1v) is 7.03. The van der Waals surface area contributed by atoms with Crippen LogP contribution in [0.1, 0.15) is 27.7 Å². The van der Waals surface area contributed by atoms with E-state index in [-0.39, 0.29) is 11.5 Å². The van der Waals surface area contributed by atoms with Gasteiger partial charge in [-0.05, 0) is 11.8 Å². The number of hydrogen-bond acceptors (Lipinski definition) is 4. The van der Waals surface area contributed by atoms with Crippen molar-refractivity contribution >= 4 is 5.91 Å². The molecular weight excluding hydrogens is 254 g/mol. The Hall–Kier alpha value is -1.54. The highest BCUT2D eigenvalue weighted by Gasteiger charge is 2.12. The van der Waals surface area contributed by atoms with Gasteiger partial charge in [0.25, 0.3) is 5.91 Å². The number of ether oxygens (including phenoxy) is 1. The predicted octanol–water partition coefficient (Wildman–Crippen LogP) is 1.77. The minimum Gasteiger partial charge on any atom is -0.383 e. The second-order valence-corrected chi connectivity index (χ2v) is 5.64. The molecule has 0 saturated heterocycles. The van der Waals surface area contributed by atoms with Gasteiger partial charge in [-0.25, -0.2) is 0 Å². The lowest BCUT2D eigenvalue weighted by molar-refractivity contribution is -0.117. The number of carbonyl (C=O) groups is 1. The lowest BCUT2D eigenvalue weighted by atomic mass is 10.1. The largest absolute Gasteiger partial charge is 0.383 e. The molecule has 0 radical (unpaired) electrons. The summed E-state index contributed by atoms with van der Waals surface area (Å²) in [5.74, 6) is 0.602. The smallest absolute Gasteiger partial charge is 0.263 e. The van der Waals surface area contributed by atoms with E-state index in [0.717, 1.165) is 13.1 Å². The summed E-state index contributed by atoms with van der Waals surface area (Å²) in [5, 5.41) is 11.8. The Kier molecular flexibility index (Phi) is 9.48. The Morgan fingerprint density at radius 3 is 2.25 bits per heavy atom. The quantitative estimate of drug-likeness (QED) is 0.397. The van der Waals surface area contributed by atoms with Crippen molar-refractivity contribution in [2.45, 2.75) is 27.7 Å². The first-order chi connectivity index (χ1) is 9.40. The molecule has 0 aromatic carbocycles. The van der Waals surface area contributed by atoms with Crippen molar-refractivity contribution in [1.82, 2.24) is 10.2 Å². The number of nitrogens with one attached hydrogen (secondary N) is 1. The SMILES string of the molecule is COCCNC(=O)/C(C#N)=C\N(CC(C)C)CC(C)C. The van der Waals surface area contributed by atoms with Crippen molar-refractivity contribution in [2.24, 2.45) is 11.8 Å². The van der Waals surface area contributed by atoms with Crippen LogP contribution in [0.4, 0.5) is 0 Å². The molecule has 0 aliphatic rings. The fraction of sp³-hybridized carbons (Fsp3) is 0.733. The van der Waals surface area contributed by atoms with Gasteiger partial charge in [0.1, 0.15) is 11.6 Å². The lowest BCUT2D eigenvalue weighted by Crippen LogP contribution is -2.31. The van der Waals surface area contributed by atoms with Crippen molar-refractivity contribution < 1.29 is 9.53 Å². The molecule has 0 spiro atoms. The number of nitrogens with zero attached hydrogens (tertiary/aromatic N) is 2. The Morgan fingerprint density at radius 1 is 1.30 bits per heavy atom. The zero-order valence-corrected chi connectivity index (χ0v) is 13.3. The van der Waals surface area contributed by atoms with E-state index in [1.54, 1.807) is 13.3 Å². The molecule has 1 amide bonds. The summed E-state index contributed by atoms with van der Waals surface area (Å²) >= 11 is 0. The van der Waals surface area contributed by atoms with Crippen LogP contribution in [-0.4, -0.2) is 44.2 Å². The topological polar surface area (TPSA) is 65.4 Å². The maximum Gasteiger partial charge on any atom is 0.263 e. The number of hydrogen-bond donors (Lipinski definition) is 1. The highest BCUT2D eigenvalue weighted by atomic mass is 16.5. The molecule has 5 nitrogen and oxygen atoms in total. The molecule has 20 heavy (non-hydrogen) atoms. The molecule has 0 aromatic rings. The van der Waals surface area contributed by atoms with Gasteiger partial charge in [-0.15, -0.1) is 0 Å². The van der Waals surface area contributed by atoms with E-state index in [1.807, 2.05) is 11.0 Å². The van der Waals surface area contributed by atoms with E-state index >= 15 is 0 Å². The van der Waals surface area contributed by atoms with Crippen LogP contribution in [0.5, 0.6) is 0 Å². The van der Waals surface area contributed by atoms with Gasteiger partial charge in [-0.1, -0.05) is 27.7 Å². The number of rotatable bonds is 9. The second kappa shape index (κ2) is 10.3. The average molecular weight is 281 g/mol. The minimum absolute atomic E-state index is 0.141. The molecule has 5 heteroatoms. The van der Waals surface area contributed by atoms with Gasteiger partial charge in [0.05, 0.1) is 6.61 Å². The van der Waals surface area contributed by atoms with Crippen LogP contribution in [0.3, 0.4) is 0 Å². The average Bonchev–Trinajstić information content (AvgIpc) is 2.34. The summed E-state index contributed by atoms with van der Waals surface area (Å²) in [6.45, 7) is 11.0. The van der Waals surface area contributed by atoms with Gasteiger partial charge in [0.2, 0.25) is 0 Å². The number of carbonyl (C=O) groups excluding carboxylic acids is 1. The Morgan fingerprint density at radius 2 is 1.85 bits per heavy atom. The Bertz CT molecular complexity index is 347. The number of amides is 1. The van der Waals surface area contributed by atoms with Gasteiger partial charge in [0.15, 0.2) is 0 Å². The molecule has 0 rings (SSSR count). The molecule has 0 heterocycles. The lowest BCUT2D eigenvalue weighted by Gasteiger charge is -2.24. The fourth-order valence-corrected chi connectivity index (χ4v) is 1.80. The van der Waals surface area contributed by atoms with Crippen LogP contribution in [-0.2, 0) is 9.53 Å². The third kappa shape index (κ3) is 8.54. The third-order valence-corrected chi connectivity index (χ3v) is 2.47. The first-order valence-electron chi connectivity index (χ1n) is 7.03. The monoisotopic (exact) mass is 281 g/mol. The van der Waals surface area contributed by atoms with Gasteiger partial charge >= 0.3 is 0 Å².